The van der Waals surface area contributed by atoms with Gasteiger partial charge < -0.3 is 4.40 Å². The van der Waals surface area contributed by atoms with Crippen LogP contribution in [0.5, 0.6) is 0 Å². The summed E-state index contributed by atoms with van der Waals surface area (Å²) in [7, 11) is 0. The van der Waals surface area contributed by atoms with Gasteiger partial charge in [-0.3, -0.25) is 13.9 Å². The second-order valence-corrected chi connectivity index (χ2v) is 15.4. The Morgan fingerprint density at radius 2 is 0.984 bits per heavy atom. The van der Waals surface area contributed by atoms with Crippen LogP contribution < -0.4 is 5.56 Å². The maximum atomic E-state index is 15.2. The summed E-state index contributed by atoms with van der Waals surface area (Å²) in [6.45, 7) is 0. The minimum atomic E-state index is -0.0846. The lowest BCUT2D eigenvalue weighted by molar-refractivity contribution is 1.00. The van der Waals surface area contributed by atoms with E-state index in [1.807, 2.05) is 77.4 Å². The summed E-state index contributed by atoms with van der Waals surface area (Å²) in [6.07, 6.45) is 2.19. The van der Waals surface area contributed by atoms with Crippen LogP contribution in [0.25, 0.3) is 106 Å². The van der Waals surface area contributed by atoms with Gasteiger partial charge in [0.2, 0.25) is 5.95 Å². The second kappa shape index (κ2) is 13.9. The number of para-hydroxylation sites is 3. The van der Waals surface area contributed by atoms with Gasteiger partial charge in [0.25, 0.3) is 5.56 Å². The van der Waals surface area contributed by atoms with Crippen molar-refractivity contribution < 1.29 is 0 Å². The van der Waals surface area contributed by atoms with Crippen LogP contribution in [0, 0.1) is 0 Å². The molecule has 0 N–H and O–H groups in total. The third-order valence-corrected chi connectivity index (χ3v) is 11.9. The summed E-state index contributed by atoms with van der Waals surface area (Å²) in [4.78, 5) is 25.7. The molecule has 286 valence electrons. The highest BCUT2D eigenvalue weighted by Crippen LogP contribution is 2.40. The van der Waals surface area contributed by atoms with Crippen LogP contribution in [0.2, 0.25) is 0 Å². The van der Waals surface area contributed by atoms with Gasteiger partial charge in [-0.1, -0.05) is 164 Å². The standard InChI is InChI=1S/C55H35N5O/c61-54-45-33-39(30-32-48(45)58-35-46(36-17-5-1-6-18-36)51(37-19-7-2-8-20-37)53(58)59(54)41-23-11-4-12-24-41)40-29-31-43-42-25-14-16-28-49(42)60(50(43)34-40)55-56-47-27-15-13-26-44(47)52(57-55)38-21-9-3-10-22-38/h1-35H. The number of rotatable bonds is 6. The van der Waals surface area contributed by atoms with Crippen LogP contribution in [-0.2, 0) is 0 Å². The zero-order valence-electron chi connectivity index (χ0n) is 32.9. The summed E-state index contributed by atoms with van der Waals surface area (Å²) >= 11 is 0. The number of fused-ring (bicyclic) bond motifs is 7. The Morgan fingerprint density at radius 3 is 1.74 bits per heavy atom. The molecule has 0 aliphatic heterocycles. The normalized spacial score (nSPS) is 11.7. The van der Waals surface area contributed by atoms with E-state index in [2.05, 4.69) is 149 Å². The predicted octanol–water partition coefficient (Wildman–Crippen LogP) is 13.0. The minimum absolute atomic E-state index is 0.0846. The van der Waals surface area contributed by atoms with Gasteiger partial charge in [0.15, 0.2) is 0 Å². The lowest BCUT2D eigenvalue weighted by Gasteiger charge is -2.15. The molecular formula is C55H35N5O. The Hall–Kier alpha value is -8.35. The van der Waals surface area contributed by atoms with E-state index in [0.29, 0.717) is 11.3 Å². The van der Waals surface area contributed by atoms with E-state index in [1.165, 1.54) is 0 Å². The van der Waals surface area contributed by atoms with Gasteiger partial charge in [-0.15, -0.1) is 0 Å². The average molecular weight is 782 g/mol. The summed E-state index contributed by atoms with van der Waals surface area (Å²) in [5, 5.41) is 3.83. The Labute approximate surface area is 350 Å². The number of hydrogen-bond acceptors (Lipinski definition) is 3. The summed E-state index contributed by atoms with van der Waals surface area (Å²) < 4.78 is 6.25. The molecule has 6 nitrogen and oxygen atoms in total. The van der Waals surface area contributed by atoms with Crippen molar-refractivity contribution in [2.24, 2.45) is 0 Å². The van der Waals surface area contributed by atoms with E-state index in [4.69, 9.17) is 9.97 Å². The molecule has 0 aliphatic rings. The molecule has 4 heterocycles. The van der Waals surface area contributed by atoms with Crippen LogP contribution in [0.1, 0.15) is 0 Å². The van der Waals surface area contributed by atoms with E-state index in [-0.39, 0.29) is 5.56 Å². The molecule has 12 rings (SSSR count). The molecule has 12 aromatic rings. The first-order chi connectivity index (χ1) is 30.2. The first kappa shape index (κ1) is 34.7. The fraction of sp³-hybridized carbons (Fsp3) is 0. The van der Waals surface area contributed by atoms with E-state index >= 15 is 4.79 Å². The zero-order valence-corrected chi connectivity index (χ0v) is 32.9. The summed E-state index contributed by atoms with van der Waals surface area (Å²) in [5.74, 6) is 0.601. The van der Waals surface area contributed by atoms with Crippen molar-refractivity contribution in [2.75, 3.05) is 0 Å². The highest BCUT2D eigenvalue weighted by Gasteiger charge is 2.23. The average Bonchev–Trinajstić information content (AvgIpc) is 3.89. The smallest absolute Gasteiger partial charge is 0.266 e. The molecule has 0 fully saturated rings. The van der Waals surface area contributed by atoms with Crippen molar-refractivity contribution in [3.63, 3.8) is 0 Å². The SMILES string of the molecule is O=c1c2cc(-c3ccc4c5ccccc5n(-c5nc(-c6ccccc6)c6ccccc6n5)c4c3)ccc2n2cc(-c3ccccc3)c(-c3ccccc3)c2n1-c1ccccc1. The molecule has 6 heteroatoms. The monoisotopic (exact) mass is 781 g/mol. The highest BCUT2D eigenvalue weighted by atomic mass is 16.1. The molecule has 0 saturated heterocycles. The third-order valence-electron chi connectivity index (χ3n) is 11.9. The molecule has 8 aromatic carbocycles. The molecule has 0 bridgehead atoms. The van der Waals surface area contributed by atoms with Gasteiger partial charge in [0.1, 0.15) is 5.65 Å². The van der Waals surface area contributed by atoms with Gasteiger partial charge in [-0.05, 0) is 64.7 Å². The zero-order chi connectivity index (χ0) is 40.4. The van der Waals surface area contributed by atoms with Gasteiger partial charge in [-0.25, -0.2) is 9.97 Å². The molecule has 4 aromatic heterocycles. The fourth-order valence-corrected chi connectivity index (χ4v) is 9.10. The first-order valence-electron chi connectivity index (χ1n) is 20.5. The van der Waals surface area contributed by atoms with E-state index < -0.39 is 0 Å². The Kier molecular flexibility index (Phi) is 7.90. The topological polar surface area (TPSA) is 57.1 Å². The molecule has 61 heavy (non-hydrogen) atoms. The van der Waals surface area contributed by atoms with Crippen LogP contribution in [0.3, 0.4) is 0 Å². The van der Waals surface area contributed by atoms with Crippen molar-refractivity contribution in [1.29, 1.82) is 0 Å². The molecule has 0 radical (unpaired) electrons. The molecule has 0 aliphatic carbocycles. The van der Waals surface area contributed by atoms with E-state index in [9.17, 15) is 0 Å². The van der Waals surface area contributed by atoms with Crippen LogP contribution in [-0.4, -0.2) is 23.5 Å². The number of aromatic nitrogens is 5. The lowest BCUT2D eigenvalue weighted by atomic mass is 9.98. The summed E-state index contributed by atoms with van der Waals surface area (Å²) in [5.41, 5.74) is 13.3. The molecule has 0 spiro atoms. The van der Waals surface area contributed by atoms with Crippen molar-refractivity contribution in [2.45, 2.75) is 0 Å². The Bertz CT molecular complexity index is 3700. The van der Waals surface area contributed by atoms with E-state index in [1.54, 1.807) is 0 Å². The fourth-order valence-electron chi connectivity index (χ4n) is 9.10. The summed E-state index contributed by atoms with van der Waals surface area (Å²) in [6, 6.07) is 70.5. The third kappa shape index (κ3) is 5.54. The number of nitrogens with zero attached hydrogens (tertiary/aromatic N) is 5. The molecule has 0 amide bonds. The number of benzene rings is 8. The second-order valence-electron chi connectivity index (χ2n) is 15.4. The minimum Gasteiger partial charge on any atom is -0.301 e. The van der Waals surface area contributed by atoms with Crippen molar-refractivity contribution in [3.8, 4) is 56.3 Å². The van der Waals surface area contributed by atoms with Crippen molar-refractivity contribution in [1.82, 2.24) is 23.5 Å². The Morgan fingerprint density at radius 1 is 0.393 bits per heavy atom. The molecule has 0 atom stereocenters. The van der Waals surface area contributed by atoms with Crippen LogP contribution >= 0.6 is 0 Å². The maximum absolute atomic E-state index is 15.2. The van der Waals surface area contributed by atoms with Crippen LogP contribution in [0.15, 0.2) is 217 Å². The molecule has 0 unspecified atom stereocenters. The number of hydrogen-bond donors (Lipinski definition) is 0. The van der Waals surface area contributed by atoms with Crippen molar-refractivity contribution in [3.05, 3.63) is 223 Å². The molecular weight excluding hydrogens is 747 g/mol. The lowest BCUT2D eigenvalue weighted by Crippen LogP contribution is -2.21. The highest BCUT2D eigenvalue weighted by molar-refractivity contribution is 6.10. The van der Waals surface area contributed by atoms with E-state index in [0.717, 1.165) is 94.2 Å². The largest absolute Gasteiger partial charge is 0.301 e. The maximum Gasteiger partial charge on any atom is 0.266 e. The van der Waals surface area contributed by atoms with Gasteiger partial charge in [0, 0.05) is 39.0 Å². The first-order valence-corrected chi connectivity index (χ1v) is 20.5. The van der Waals surface area contributed by atoms with Crippen molar-refractivity contribution >= 4 is 49.3 Å². The van der Waals surface area contributed by atoms with Gasteiger partial charge >= 0.3 is 0 Å². The van der Waals surface area contributed by atoms with Gasteiger partial charge in [-0.2, -0.15) is 0 Å². The predicted molar refractivity (Wildman–Crippen MR) is 250 cm³/mol. The molecule has 0 saturated carbocycles. The van der Waals surface area contributed by atoms with Gasteiger partial charge in [0.05, 0.1) is 38.8 Å². The Balaban J connectivity index is 1.11. The quantitative estimate of drug-likeness (QED) is 0.169. The van der Waals surface area contributed by atoms with Crippen LogP contribution in [0.4, 0.5) is 0 Å².